The molecule has 0 unspecified atom stereocenters. The van der Waals surface area contributed by atoms with Gasteiger partial charge in [0.05, 0.1) is 16.6 Å². The Balaban J connectivity index is 1.46. The number of para-hydroxylation sites is 4. The normalized spacial score (nSPS) is 13.4. The van der Waals surface area contributed by atoms with Gasteiger partial charge in [-0.2, -0.15) is 0 Å². The zero-order valence-electron chi connectivity index (χ0n) is 21.3. The first kappa shape index (κ1) is 19.8. The number of benzene rings is 6. The molecule has 0 spiro atoms. The zero-order valence-corrected chi connectivity index (χ0v) is 21.3. The summed E-state index contributed by atoms with van der Waals surface area (Å²) in [7, 11) is 0. The second kappa shape index (κ2) is 6.49. The van der Waals surface area contributed by atoms with Crippen molar-refractivity contribution in [2.24, 2.45) is 0 Å². The van der Waals surface area contributed by atoms with Crippen LogP contribution in [0.1, 0.15) is 0 Å². The first-order chi connectivity index (χ1) is 19.9. The van der Waals surface area contributed by atoms with Crippen LogP contribution in [0.3, 0.4) is 0 Å². The predicted octanol–water partition coefficient (Wildman–Crippen LogP) is 6.92. The van der Waals surface area contributed by atoms with E-state index in [1.54, 1.807) is 0 Å². The molecule has 0 N–H and O–H groups in total. The molecule has 0 aliphatic carbocycles. The van der Waals surface area contributed by atoms with Gasteiger partial charge < -0.3 is 13.6 Å². The van der Waals surface area contributed by atoms with Crippen LogP contribution in [0.2, 0.25) is 0 Å². The summed E-state index contributed by atoms with van der Waals surface area (Å²) in [5.74, 6) is 0. The molecule has 0 bridgehead atoms. The third-order valence-corrected chi connectivity index (χ3v) is 9.49. The highest BCUT2D eigenvalue weighted by molar-refractivity contribution is 7.01. The minimum atomic E-state index is 0.0651. The van der Waals surface area contributed by atoms with Crippen molar-refractivity contribution in [3.63, 3.8) is 0 Å². The topological polar surface area (TPSA) is 23.0 Å². The van der Waals surface area contributed by atoms with Gasteiger partial charge in [0, 0.05) is 49.2 Å². The lowest BCUT2D eigenvalue weighted by Crippen LogP contribution is -2.59. The maximum atomic E-state index is 6.80. The second-order valence-electron chi connectivity index (χ2n) is 11.3. The minimum absolute atomic E-state index is 0.0651. The summed E-state index contributed by atoms with van der Waals surface area (Å²) in [6.45, 7) is 0.0651. The molecule has 6 aromatic carbocycles. The van der Waals surface area contributed by atoms with Crippen LogP contribution < -0.4 is 16.4 Å². The number of hydrogen-bond acceptors (Lipinski definition) is 1. The van der Waals surface area contributed by atoms with Gasteiger partial charge in [-0.25, -0.2) is 0 Å². The third kappa shape index (κ3) is 2.03. The molecule has 0 radical (unpaired) electrons. The SMILES string of the molecule is c1cc2c3c(c1)-n1c4ccccc4c4cc5c(oc6ccccc65)c(c41)B3c1cccc3c4ccccc4n-2c13. The highest BCUT2D eigenvalue weighted by Crippen LogP contribution is 2.41. The molecule has 182 valence electrons. The van der Waals surface area contributed by atoms with Crippen molar-refractivity contribution in [2.75, 3.05) is 0 Å². The lowest BCUT2D eigenvalue weighted by molar-refractivity contribution is 0.671. The van der Waals surface area contributed by atoms with Gasteiger partial charge in [0.2, 0.25) is 0 Å². The van der Waals surface area contributed by atoms with Crippen molar-refractivity contribution in [1.29, 1.82) is 0 Å². The number of rotatable bonds is 0. The minimum Gasteiger partial charge on any atom is -0.457 e. The molecule has 9 aromatic rings. The summed E-state index contributed by atoms with van der Waals surface area (Å²) in [5, 5.41) is 7.55. The number of hydrogen-bond donors (Lipinski definition) is 0. The van der Waals surface area contributed by atoms with Crippen LogP contribution >= 0.6 is 0 Å². The number of nitrogens with zero attached hydrogens (tertiary/aromatic N) is 2. The van der Waals surface area contributed by atoms with E-state index in [1.807, 2.05) is 0 Å². The van der Waals surface area contributed by atoms with E-state index in [1.165, 1.54) is 82.1 Å². The molecule has 0 saturated heterocycles. The fraction of sp³-hybridized carbons (Fsp3) is 0. The van der Waals surface area contributed by atoms with Gasteiger partial charge in [-0.15, -0.1) is 0 Å². The summed E-state index contributed by atoms with van der Waals surface area (Å²) in [5.41, 5.74) is 13.5. The average Bonchev–Trinajstić information content (AvgIpc) is 3.66. The van der Waals surface area contributed by atoms with Gasteiger partial charge in [0.25, 0.3) is 6.71 Å². The van der Waals surface area contributed by atoms with Crippen molar-refractivity contribution >= 4 is 88.7 Å². The molecule has 4 heteroatoms. The quantitative estimate of drug-likeness (QED) is 0.205. The van der Waals surface area contributed by atoms with E-state index in [4.69, 9.17) is 4.42 Å². The number of fused-ring (bicyclic) bond motifs is 14. The molecule has 2 aliphatic heterocycles. The van der Waals surface area contributed by atoms with Gasteiger partial charge in [-0.1, -0.05) is 78.9 Å². The lowest BCUT2D eigenvalue weighted by Gasteiger charge is -2.33. The van der Waals surface area contributed by atoms with Crippen molar-refractivity contribution in [1.82, 2.24) is 9.13 Å². The van der Waals surface area contributed by atoms with Gasteiger partial charge in [-0.05, 0) is 52.8 Å². The highest BCUT2D eigenvalue weighted by Gasteiger charge is 2.42. The lowest BCUT2D eigenvalue weighted by atomic mass is 9.34. The molecule has 11 rings (SSSR count). The van der Waals surface area contributed by atoms with E-state index < -0.39 is 0 Å². The van der Waals surface area contributed by atoms with E-state index in [-0.39, 0.29) is 6.71 Å². The fourth-order valence-corrected chi connectivity index (χ4v) is 8.07. The van der Waals surface area contributed by atoms with Crippen LogP contribution in [0.4, 0.5) is 0 Å². The summed E-state index contributed by atoms with van der Waals surface area (Å²) in [4.78, 5) is 0. The van der Waals surface area contributed by atoms with E-state index >= 15 is 0 Å². The molecule has 0 fully saturated rings. The molecule has 5 heterocycles. The van der Waals surface area contributed by atoms with E-state index in [0.29, 0.717) is 0 Å². The van der Waals surface area contributed by atoms with Crippen LogP contribution in [0, 0.1) is 0 Å². The van der Waals surface area contributed by atoms with Crippen LogP contribution in [-0.4, -0.2) is 15.8 Å². The van der Waals surface area contributed by atoms with E-state index in [9.17, 15) is 0 Å². The second-order valence-corrected chi connectivity index (χ2v) is 11.3. The Morgan fingerprint density at radius 3 is 1.90 bits per heavy atom. The molecule has 3 nitrogen and oxygen atoms in total. The smallest absolute Gasteiger partial charge is 0.257 e. The Hall–Kier alpha value is -5.22. The molecular formula is C36H19BN2O. The predicted molar refractivity (Wildman–Crippen MR) is 167 cm³/mol. The van der Waals surface area contributed by atoms with Crippen LogP contribution in [-0.2, 0) is 0 Å². The average molecular weight is 506 g/mol. The largest absolute Gasteiger partial charge is 0.457 e. The summed E-state index contributed by atoms with van der Waals surface area (Å²) >= 11 is 0. The molecule has 40 heavy (non-hydrogen) atoms. The molecule has 0 amide bonds. The van der Waals surface area contributed by atoms with Crippen molar-refractivity contribution < 1.29 is 4.42 Å². The molecule has 0 saturated carbocycles. The van der Waals surface area contributed by atoms with Gasteiger partial charge in [0.1, 0.15) is 11.2 Å². The van der Waals surface area contributed by atoms with Crippen LogP contribution in [0.5, 0.6) is 0 Å². The van der Waals surface area contributed by atoms with Crippen LogP contribution in [0.25, 0.3) is 76.9 Å². The van der Waals surface area contributed by atoms with Gasteiger partial charge in [-0.3, -0.25) is 0 Å². The maximum Gasteiger partial charge on any atom is 0.257 e. The highest BCUT2D eigenvalue weighted by atomic mass is 16.3. The van der Waals surface area contributed by atoms with Gasteiger partial charge in [0.15, 0.2) is 0 Å². The van der Waals surface area contributed by atoms with Crippen LogP contribution in [0.15, 0.2) is 120 Å². The molecular weight excluding hydrogens is 487 g/mol. The zero-order chi connectivity index (χ0) is 25.7. The van der Waals surface area contributed by atoms with E-state index in [0.717, 1.165) is 11.2 Å². The monoisotopic (exact) mass is 506 g/mol. The molecule has 2 aliphatic rings. The number of furan rings is 1. The maximum absolute atomic E-state index is 6.80. The Kier molecular flexibility index (Phi) is 3.21. The number of aromatic nitrogens is 2. The molecule has 0 atom stereocenters. The standard InChI is InChI=1S/C36H19BN2O/c1-4-14-27-20(9-1)23-12-7-13-26-34(23)38(27)29-16-8-17-30-32(29)37(26)33-35-24(21-10-2-5-15-28(21)39(30)35)19-25-22-11-3-6-18-31(22)40-36(25)33/h1-19H. The molecule has 3 aromatic heterocycles. The Labute approximate surface area is 228 Å². The van der Waals surface area contributed by atoms with Crippen molar-refractivity contribution in [3.05, 3.63) is 115 Å². The Morgan fingerprint density at radius 1 is 0.475 bits per heavy atom. The summed E-state index contributed by atoms with van der Waals surface area (Å²) in [6.07, 6.45) is 0. The van der Waals surface area contributed by atoms with Crippen molar-refractivity contribution in [3.8, 4) is 11.4 Å². The first-order valence-corrected chi connectivity index (χ1v) is 13.9. The summed E-state index contributed by atoms with van der Waals surface area (Å²) < 4.78 is 11.8. The Morgan fingerprint density at radius 2 is 1.10 bits per heavy atom. The van der Waals surface area contributed by atoms with Gasteiger partial charge >= 0.3 is 0 Å². The summed E-state index contributed by atoms with van der Waals surface area (Å²) in [6, 6.07) is 42.2. The van der Waals surface area contributed by atoms with Crippen molar-refractivity contribution in [2.45, 2.75) is 0 Å². The third-order valence-electron chi connectivity index (χ3n) is 9.49. The Bertz CT molecular complexity index is 2610. The first-order valence-electron chi connectivity index (χ1n) is 13.9. The fourth-order valence-electron chi connectivity index (χ4n) is 8.07. The van der Waals surface area contributed by atoms with E-state index in [2.05, 4.69) is 124 Å².